The van der Waals surface area contributed by atoms with E-state index in [4.69, 9.17) is 0 Å². The van der Waals surface area contributed by atoms with Gasteiger partial charge in [0.2, 0.25) is 0 Å². The number of likely N-dealkylation sites (tertiary alicyclic amines) is 1. The van der Waals surface area contributed by atoms with Crippen molar-refractivity contribution < 1.29 is 18.0 Å². The van der Waals surface area contributed by atoms with Gasteiger partial charge in [0.25, 0.3) is 5.91 Å². The number of anilines is 1. The molecule has 4 heterocycles. The quantitative estimate of drug-likeness (QED) is 0.801. The average molecular weight is 410 g/mol. The van der Waals surface area contributed by atoms with E-state index in [2.05, 4.69) is 20.6 Å². The zero-order chi connectivity index (χ0) is 20.9. The lowest BCUT2D eigenvalue weighted by Gasteiger charge is -2.31. The molecule has 2 aromatic rings. The number of fused-ring (bicyclic) bond motifs is 1. The summed E-state index contributed by atoms with van der Waals surface area (Å²) < 4.78 is 41.6. The average Bonchev–Trinajstić information content (AvgIpc) is 3.37. The highest BCUT2D eigenvalue weighted by Crippen LogP contribution is 2.41. The molecule has 0 bridgehead atoms. The highest BCUT2D eigenvalue weighted by atomic mass is 19.4. The predicted octanol–water partition coefficient (Wildman–Crippen LogP) is 4.01. The van der Waals surface area contributed by atoms with Crippen molar-refractivity contribution in [2.75, 3.05) is 11.9 Å². The Hall–Kier alpha value is -2.52. The van der Waals surface area contributed by atoms with Crippen LogP contribution in [0.4, 0.5) is 19.0 Å². The summed E-state index contributed by atoms with van der Waals surface area (Å²) in [4.78, 5) is 14.7. The monoisotopic (exact) mass is 410 g/mol. The Bertz CT molecular complexity index is 902. The molecule has 1 amide bonds. The van der Waals surface area contributed by atoms with Gasteiger partial charge < -0.3 is 10.2 Å². The fraction of sp³-hybridized carbons (Fsp3) is 0.632. The summed E-state index contributed by atoms with van der Waals surface area (Å²) in [6.45, 7) is 6.26. The highest BCUT2D eigenvalue weighted by molar-refractivity contribution is 5.92. The highest BCUT2D eigenvalue weighted by Gasteiger charge is 2.46. The third-order valence-corrected chi connectivity index (χ3v) is 5.69. The first-order chi connectivity index (χ1) is 13.6. The van der Waals surface area contributed by atoms with Crippen LogP contribution >= 0.6 is 0 Å². The molecular weight excluding hydrogens is 385 g/mol. The van der Waals surface area contributed by atoms with Gasteiger partial charge in [0, 0.05) is 24.3 Å². The Kier molecular flexibility index (Phi) is 4.82. The van der Waals surface area contributed by atoms with Crippen molar-refractivity contribution in [1.82, 2.24) is 24.9 Å². The molecule has 0 saturated carbocycles. The Balaban J connectivity index is 1.62. The van der Waals surface area contributed by atoms with Crippen LogP contribution < -0.4 is 5.32 Å². The number of H-pyrrole nitrogens is 1. The van der Waals surface area contributed by atoms with Gasteiger partial charge in [-0.25, -0.2) is 4.68 Å². The van der Waals surface area contributed by atoms with Crippen LogP contribution in [0.2, 0.25) is 0 Å². The van der Waals surface area contributed by atoms with Crippen molar-refractivity contribution in [1.29, 1.82) is 0 Å². The minimum absolute atomic E-state index is 0.0732. The first-order valence-electron chi connectivity index (χ1n) is 9.94. The van der Waals surface area contributed by atoms with Crippen molar-refractivity contribution in [3.05, 3.63) is 29.2 Å². The molecule has 29 heavy (non-hydrogen) atoms. The number of rotatable bonds is 3. The fourth-order valence-electron chi connectivity index (χ4n) is 4.15. The molecule has 2 aromatic heterocycles. The molecule has 3 atom stereocenters. The van der Waals surface area contributed by atoms with E-state index in [9.17, 15) is 18.0 Å². The Morgan fingerprint density at radius 3 is 2.72 bits per heavy atom. The van der Waals surface area contributed by atoms with Gasteiger partial charge in [-0.1, -0.05) is 13.8 Å². The van der Waals surface area contributed by atoms with E-state index < -0.39 is 12.2 Å². The van der Waals surface area contributed by atoms with Gasteiger partial charge in [0.1, 0.15) is 11.5 Å². The first kappa shape index (κ1) is 19.8. The molecule has 0 aliphatic carbocycles. The lowest BCUT2D eigenvalue weighted by molar-refractivity contribution is -0.173. The van der Waals surface area contributed by atoms with E-state index in [1.54, 1.807) is 24.0 Å². The number of alkyl halides is 3. The maximum atomic E-state index is 13.5. The zero-order valence-electron chi connectivity index (χ0n) is 16.6. The number of hydrogen-bond donors (Lipinski definition) is 2. The minimum atomic E-state index is -4.37. The third-order valence-electron chi connectivity index (χ3n) is 5.69. The van der Waals surface area contributed by atoms with E-state index in [-0.39, 0.29) is 30.3 Å². The topological polar surface area (TPSA) is 78.8 Å². The summed E-state index contributed by atoms with van der Waals surface area (Å²) in [6.07, 6.45) is -3.01. The molecular formula is C19H25F3N6O. The minimum Gasteiger partial charge on any atom is -0.368 e. The van der Waals surface area contributed by atoms with Gasteiger partial charge in [-0.2, -0.15) is 23.4 Å². The van der Waals surface area contributed by atoms with E-state index >= 15 is 0 Å². The number of nitrogens with zero attached hydrogens (tertiary/aromatic N) is 4. The number of hydrogen-bond acceptors (Lipinski definition) is 4. The molecule has 0 unspecified atom stereocenters. The molecule has 1 fully saturated rings. The number of carbonyl (C=O) groups is 1. The van der Waals surface area contributed by atoms with Crippen molar-refractivity contribution in [2.24, 2.45) is 0 Å². The summed E-state index contributed by atoms with van der Waals surface area (Å²) in [6, 6.07) is 1.07. The second-order valence-corrected chi connectivity index (χ2v) is 8.26. The Morgan fingerprint density at radius 2 is 2.07 bits per heavy atom. The lowest BCUT2D eigenvalue weighted by Crippen LogP contribution is -2.38. The number of amides is 1. The van der Waals surface area contributed by atoms with E-state index in [0.29, 0.717) is 30.2 Å². The summed E-state index contributed by atoms with van der Waals surface area (Å²) in [7, 11) is 0. The first-order valence-corrected chi connectivity index (χ1v) is 9.94. The molecule has 10 heteroatoms. The van der Waals surface area contributed by atoms with Crippen LogP contribution in [-0.4, -0.2) is 49.5 Å². The standard InChI is InChI=1S/C19H25F3N6O/c1-10(2)12-8-14(25-24-12)18(29)27-6-4-5-15(27)13-9-17-23-11(3)7-16(19(20,21)22)28(17)26-13/h8-11,15-16,23H,4-7H2,1-3H3,(H,24,25)/t11-,15-,16-/m1/s1. The summed E-state index contributed by atoms with van der Waals surface area (Å²) in [5.41, 5.74) is 1.68. The molecule has 2 N–H and O–H groups in total. The Labute approximate surface area is 166 Å². The smallest absolute Gasteiger partial charge is 0.368 e. The number of carbonyl (C=O) groups excluding carboxylic acids is 1. The molecule has 2 aliphatic rings. The van der Waals surface area contributed by atoms with Crippen LogP contribution in [0, 0.1) is 0 Å². The van der Waals surface area contributed by atoms with Gasteiger partial charge in [-0.05, 0) is 38.2 Å². The molecule has 2 aliphatic heterocycles. The van der Waals surface area contributed by atoms with Gasteiger partial charge in [-0.15, -0.1) is 0 Å². The predicted molar refractivity (Wildman–Crippen MR) is 101 cm³/mol. The maximum absolute atomic E-state index is 13.5. The summed E-state index contributed by atoms with van der Waals surface area (Å²) in [5, 5.41) is 14.4. The SMILES string of the molecule is CC(C)c1cc(C(=O)N2CCC[C@@H]2c2cc3n(n2)[C@@H](C(F)(F)F)C[C@@H](C)N3)n[nH]1. The van der Waals surface area contributed by atoms with Gasteiger partial charge in [-0.3, -0.25) is 9.89 Å². The van der Waals surface area contributed by atoms with Crippen molar-refractivity contribution in [3.8, 4) is 0 Å². The number of halogens is 3. The molecule has 7 nitrogen and oxygen atoms in total. The molecule has 1 saturated heterocycles. The second-order valence-electron chi connectivity index (χ2n) is 8.26. The molecule has 0 spiro atoms. The van der Waals surface area contributed by atoms with Crippen molar-refractivity contribution in [2.45, 2.75) is 70.3 Å². The van der Waals surface area contributed by atoms with Crippen LogP contribution in [-0.2, 0) is 0 Å². The van der Waals surface area contributed by atoms with E-state index in [1.165, 1.54) is 0 Å². The molecule has 158 valence electrons. The normalized spacial score (nSPS) is 24.7. The van der Waals surface area contributed by atoms with Crippen molar-refractivity contribution >= 4 is 11.7 Å². The van der Waals surface area contributed by atoms with Gasteiger partial charge >= 0.3 is 6.18 Å². The van der Waals surface area contributed by atoms with Crippen LogP contribution in [0.5, 0.6) is 0 Å². The maximum Gasteiger partial charge on any atom is 0.410 e. The van der Waals surface area contributed by atoms with E-state index in [1.807, 2.05) is 13.8 Å². The zero-order valence-corrected chi connectivity index (χ0v) is 16.6. The second kappa shape index (κ2) is 7.07. The summed E-state index contributed by atoms with van der Waals surface area (Å²) >= 11 is 0. The number of aromatic amines is 1. The van der Waals surface area contributed by atoms with Crippen LogP contribution in [0.3, 0.4) is 0 Å². The largest absolute Gasteiger partial charge is 0.410 e. The summed E-state index contributed by atoms with van der Waals surface area (Å²) in [5.74, 6) is 0.336. The molecule has 0 aromatic carbocycles. The molecule has 4 rings (SSSR count). The molecule has 0 radical (unpaired) electrons. The van der Waals surface area contributed by atoms with Crippen LogP contribution in [0.25, 0.3) is 0 Å². The fourth-order valence-corrected chi connectivity index (χ4v) is 4.15. The third kappa shape index (κ3) is 3.60. The number of aromatic nitrogens is 4. The lowest BCUT2D eigenvalue weighted by atomic mass is 10.1. The van der Waals surface area contributed by atoms with Crippen LogP contribution in [0.15, 0.2) is 12.1 Å². The van der Waals surface area contributed by atoms with Crippen molar-refractivity contribution in [3.63, 3.8) is 0 Å². The number of nitrogens with one attached hydrogen (secondary N) is 2. The van der Waals surface area contributed by atoms with Gasteiger partial charge in [0.15, 0.2) is 6.04 Å². The van der Waals surface area contributed by atoms with E-state index in [0.717, 1.165) is 16.8 Å². The Morgan fingerprint density at radius 1 is 1.31 bits per heavy atom. The van der Waals surface area contributed by atoms with Gasteiger partial charge in [0.05, 0.1) is 11.7 Å². The van der Waals surface area contributed by atoms with Crippen LogP contribution in [0.1, 0.15) is 79.9 Å².